The molecule has 0 amide bonds. The zero-order valence-corrected chi connectivity index (χ0v) is 11.6. The molecule has 0 radical (unpaired) electrons. The number of rotatable bonds is 9. The van der Waals surface area contributed by atoms with E-state index in [2.05, 4.69) is 17.1 Å². The van der Waals surface area contributed by atoms with Gasteiger partial charge in [0.1, 0.15) is 5.54 Å². The predicted molar refractivity (Wildman–Crippen MR) is 71.7 cm³/mol. The van der Waals surface area contributed by atoms with E-state index in [-0.39, 0.29) is 0 Å². The lowest BCUT2D eigenvalue weighted by Crippen LogP contribution is -2.61. The van der Waals surface area contributed by atoms with E-state index in [0.29, 0.717) is 18.5 Å². The van der Waals surface area contributed by atoms with Crippen molar-refractivity contribution in [2.75, 3.05) is 19.6 Å². The second-order valence-corrected chi connectivity index (χ2v) is 5.78. The van der Waals surface area contributed by atoms with Gasteiger partial charge >= 0.3 is 5.97 Å². The molecule has 1 unspecified atom stereocenters. The van der Waals surface area contributed by atoms with Crippen LogP contribution in [0, 0.1) is 5.92 Å². The number of hydrogen-bond donors (Lipinski definition) is 2. The Labute approximate surface area is 110 Å². The molecule has 2 aliphatic carbocycles. The molecule has 18 heavy (non-hydrogen) atoms. The predicted octanol–water partition coefficient (Wildman–Crippen LogP) is 1.70. The highest BCUT2D eigenvalue weighted by molar-refractivity contribution is 5.80. The van der Waals surface area contributed by atoms with Crippen molar-refractivity contribution in [1.82, 2.24) is 10.2 Å². The summed E-state index contributed by atoms with van der Waals surface area (Å²) in [4.78, 5) is 14.2. The number of carboxylic acid groups (broad SMARTS) is 1. The monoisotopic (exact) mass is 254 g/mol. The second kappa shape index (κ2) is 5.57. The molecule has 0 saturated heterocycles. The molecular formula is C14H26N2O2. The third-order valence-corrected chi connectivity index (χ3v) is 4.17. The molecule has 1 atom stereocenters. The van der Waals surface area contributed by atoms with Gasteiger partial charge in [-0.1, -0.05) is 13.8 Å². The molecule has 104 valence electrons. The SMILES string of the molecule is CCCN(CC(NCC)(C(=O)O)C1CC1)C1CC1. The van der Waals surface area contributed by atoms with Crippen LogP contribution in [-0.2, 0) is 4.79 Å². The first kappa shape index (κ1) is 13.8. The van der Waals surface area contributed by atoms with E-state index in [1.165, 1.54) is 12.8 Å². The van der Waals surface area contributed by atoms with Gasteiger partial charge in [0, 0.05) is 12.6 Å². The van der Waals surface area contributed by atoms with Gasteiger partial charge in [-0.3, -0.25) is 9.69 Å². The summed E-state index contributed by atoms with van der Waals surface area (Å²) in [7, 11) is 0. The minimum absolute atomic E-state index is 0.327. The van der Waals surface area contributed by atoms with Crippen LogP contribution >= 0.6 is 0 Å². The summed E-state index contributed by atoms with van der Waals surface area (Å²) in [6.45, 7) is 6.61. The number of likely N-dealkylation sites (N-methyl/N-ethyl adjacent to an activating group) is 1. The van der Waals surface area contributed by atoms with Gasteiger partial charge in [-0.05, 0) is 51.1 Å². The summed E-state index contributed by atoms with van der Waals surface area (Å²) in [5.41, 5.74) is -0.702. The smallest absolute Gasteiger partial charge is 0.325 e. The van der Waals surface area contributed by atoms with Crippen molar-refractivity contribution in [3.8, 4) is 0 Å². The Balaban J connectivity index is 2.08. The Morgan fingerprint density at radius 1 is 1.33 bits per heavy atom. The molecule has 2 N–H and O–H groups in total. The van der Waals surface area contributed by atoms with Crippen molar-refractivity contribution < 1.29 is 9.90 Å². The lowest BCUT2D eigenvalue weighted by atomic mass is 9.92. The van der Waals surface area contributed by atoms with Crippen LogP contribution in [0.25, 0.3) is 0 Å². The maximum Gasteiger partial charge on any atom is 0.325 e. The lowest BCUT2D eigenvalue weighted by molar-refractivity contribution is -0.147. The largest absolute Gasteiger partial charge is 0.480 e. The first-order valence-corrected chi connectivity index (χ1v) is 7.36. The van der Waals surface area contributed by atoms with Crippen molar-refractivity contribution in [3.05, 3.63) is 0 Å². The summed E-state index contributed by atoms with van der Waals surface area (Å²) in [5.74, 6) is -0.332. The molecule has 0 bridgehead atoms. The lowest BCUT2D eigenvalue weighted by Gasteiger charge is -2.36. The average Bonchev–Trinajstić information content (AvgIpc) is 3.18. The highest BCUT2D eigenvalue weighted by Gasteiger charge is 2.52. The number of nitrogens with zero attached hydrogens (tertiary/aromatic N) is 1. The maximum atomic E-state index is 11.8. The van der Waals surface area contributed by atoms with Gasteiger partial charge in [-0.2, -0.15) is 0 Å². The average molecular weight is 254 g/mol. The van der Waals surface area contributed by atoms with Crippen LogP contribution in [0.5, 0.6) is 0 Å². The van der Waals surface area contributed by atoms with Crippen molar-refractivity contribution in [1.29, 1.82) is 0 Å². The summed E-state index contributed by atoms with van der Waals surface area (Å²) in [6, 6.07) is 0.640. The maximum absolute atomic E-state index is 11.8. The molecule has 0 aromatic carbocycles. The van der Waals surface area contributed by atoms with Crippen molar-refractivity contribution in [2.45, 2.75) is 57.5 Å². The quantitative estimate of drug-likeness (QED) is 0.657. The van der Waals surface area contributed by atoms with Gasteiger partial charge in [0.15, 0.2) is 0 Å². The molecule has 0 aromatic heterocycles. The number of carboxylic acids is 1. The molecule has 2 aliphatic rings. The summed E-state index contributed by atoms with van der Waals surface area (Å²) >= 11 is 0. The van der Waals surface area contributed by atoms with Gasteiger partial charge in [0.25, 0.3) is 0 Å². The van der Waals surface area contributed by atoms with Crippen LogP contribution in [0.3, 0.4) is 0 Å². The number of hydrogen-bond acceptors (Lipinski definition) is 3. The Morgan fingerprint density at radius 2 is 2.00 bits per heavy atom. The summed E-state index contributed by atoms with van der Waals surface area (Å²) < 4.78 is 0. The van der Waals surface area contributed by atoms with Gasteiger partial charge < -0.3 is 10.4 Å². The van der Waals surface area contributed by atoms with Gasteiger partial charge in [0.05, 0.1) is 0 Å². The number of carbonyl (C=O) groups is 1. The number of nitrogens with one attached hydrogen (secondary N) is 1. The van der Waals surface area contributed by atoms with Crippen molar-refractivity contribution in [2.24, 2.45) is 5.92 Å². The second-order valence-electron chi connectivity index (χ2n) is 5.78. The van der Waals surface area contributed by atoms with E-state index in [0.717, 1.165) is 32.4 Å². The van der Waals surface area contributed by atoms with E-state index in [1.807, 2.05) is 6.92 Å². The summed E-state index contributed by atoms with van der Waals surface area (Å²) in [6.07, 6.45) is 5.70. The van der Waals surface area contributed by atoms with Gasteiger partial charge in [-0.25, -0.2) is 0 Å². The normalized spacial score (nSPS) is 23.1. The molecule has 0 spiro atoms. The van der Waals surface area contributed by atoms with Gasteiger partial charge in [0.2, 0.25) is 0 Å². The van der Waals surface area contributed by atoms with E-state index < -0.39 is 11.5 Å². The van der Waals surface area contributed by atoms with Crippen LogP contribution < -0.4 is 5.32 Å². The van der Waals surface area contributed by atoms with E-state index >= 15 is 0 Å². The molecule has 4 heteroatoms. The molecule has 2 rings (SSSR count). The Hall–Kier alpha value is -0.610. The molecular weight excluding hydrogens is 228 g/mol. The fraction of sp³-hybridized carbons (Fsp3) is 0.929. The van der Waals surface area contributed by atoms with E-state index in [1.54, 1.807) is 0 Å². The van der Waals surface area contributed by atoms with E-state index in [4.69, 9.17) is 0 Å². The summed E-state index contributed by atoms with van der Waals surface area (Å²) in [5, 5.41) is 13.0. The highest BCUT2D eigenvalue weighted by Crippen LogP contribution is 2.41. The van der Waals surface area contributed by atoms with Crippen LogP contribution in [-0.4, -0.2) is 47.2 Å². The van der Waals surface area contributed by atoms with Crippen LogP contribution in [0.4, 0.5) is 0 Å². The van der Waals surface area contributed by atoms with E-state index in [9.17, 15) is 9.90 Å². The molecule has 4 nitrogen and oxygen atoms in total. The van der Waals surface area contributed by atoms with Crippen molar-refractivity contribution >= 4 is 5.97 Å². The number of aliphatic carboxylic acids is 1. The van der Waals surface area contributed by atoms with Crippen molar-refractivity contribution in [3.63, 3.8) is 0 Å². The first-order valence-electron chi connectivity index (χ1n) is 7.36. The third kappa shape index (κ3) is 2.86. The Kier molecular flexibility index (Phi) is 4.28. The molecule has 0 aliphatic heterocycles. The fourth-order valence-electron chi connectivity index (χ4n) is 2.98. The highest BCUT2D eigenvalue weighted by atomic mass is 16.4. The Bertz CT molecular complexity index is 300. The molecule has 2 saturated carbocycles. The van der Waals surface area contributed by atoms with Gasteiger partial charge in [-0.15, -0.1) is 0 Å². The topological polar surface area (TPSA) is 52.6 Å². The Morgan fingerprint density at radius 3 is 2.39 bits per heavy atom. The van der Waals surface area contributed by atoms with Crippen LogP contribution in [0.1, 0.15) is 46.0 Å². The molecule has 0 aromatic rings. The van der Waals surface area contributed by atoms with Crippen LogP contribution in [0.2, 0.25) is 0 Å². The molecule has 2 fully saturated rings. The fourth-order valence-corrected chi connectivity index (χ4v) is 2.98. The minimum Gasteiger partial charge on any atom is -0.480 e. The zero-order valence-electron chi connectivity index (χ0n) is 11.6. The minimum atomic E-state index is -0.702. The zero-order chi connectivity index (χ0) is 13.2. The van der Waals surface area contributed by atoms with Crippen LogP contribution in [0.15, 0.2) is 0 Å². The third-order valence-electron chi connectivity index (χ3n) is 4.17. The molecule has 0 heterocycles. The first-order chi connectivity index (χ1) is 8.64. The standard InChI is InChI=1S/C14H26N2O2/c1-3-9-16(12-7-8-12)10-14(13(17)18,15-4-2)11-5-6-11/h11-12,15H,3-10H2,1-2H3,(H,17,18).